The highest BCUT2D eigenvalue weighted by atomic mass is 32.2. The summed E-state index contributed by atoms with van der Waals surface area (Å²) in [7, 11) is 0. The number of nitrogens with zero attached hydrogens (tertiary/aromatic N) is 4. The molecule has 0 bridgehead atoms. The van der Waals surface area contributed by atoms with Crippen LogP contribution in [0.15, 0.2) is 45.0 Å². The fraction of sp³-hybridized carbons (Fsp3) is 0.214. The quantitative estimate of drug-likeness (QED) is 0.889. The third kappa shape index (κ3) is 2.63. The van der Waals surface area contributed by atoms with Crippen molar-refractivity contribution in [3.05, 3.63) is 52.8 Å². The number of hydrazone groups is 1. The normalized spacial score (nSPS) is 19.2. The summed E-state index contributed by atoms with van der Waals surface area (Å²) in [6.45, 7) is 2.28. The second-order valence-corrected chi connectivity index (χ2v) is 6.04. The summed E-state index contributed by atoms with van der Waals surface area (Å²) in [5.74, 6) is 0.0676. The monoisotopic (exact) mass is 332 g/mol. The van der Waals surface area contributed by atoms with Crippen molar-refractivity contribution in [3.63, 3.8) is 0 Å². The lowest BCUT2D eigenvalue weighted by Crippen LogP contribution is -2.28. The van der Waals surface area contributed by atoms with Gasteiger partial charge in [-0.2, -0.15) is 5.10 Å². The van der Waals surface area contributed by atoms with Gasteiger partial charge in [-0.1, -0.05) is 23.3 Å². The van der Waals surface area contributed by atoms with E-state index >= 15 is 0 Å². The van der Waals surface area contributed by atoms with Crippen LogP contribution in [0.25, 0.3) is 0 Å². The van der Waals surface area contributed by atoms with Crippen LogP contribution in [0.3, 0.4) is 0 Å². The molecule has 0 fully saturated rings. The lowest BCUT2D eigenvalue weighted by Gasteiger charge is -2.14. The molecule has 23 heavy (non-hydrogen) atoms. The van der Waals surface area contributed by atoms with Gasteiger partial charge < -0.3 is 15.1 Å². The number of fused-ring (bicyclic) bond motifs is 1. The van der Waals surface area contributed by atoms with Gasteiger partial charge in [-0.15, -0.1) is 5.10 Å². The Kier molecular flexibility index (Phi) is 3.41. The number of nitrogens with one attached hydrogen (secondary N) is 2. The number of anilines is 1. The predicted molar refractivity (Wildman–Crippen MR) is 84.7 cm³/mol. The molecule has 2 N–H and O–H groups in total. The smallest absolute Gasteiger partial charge is 0.316 e. The number of hydrogen-bond donors (Lipinski definition) is 2. The highest BCUT2D eigenvalue weighted by Gasteiger charge is 2.32. The molecule has 0 aliphatic carbocycles. The van der Waals surface area contributed by atoms with E-state index in [4.69, 9.17) is 4.42 Å². The molecular weight excluding hydrogens is 319 g/mol. The van der Waals surface area contributed by atoms with E-state index in [1.54, 1.807) is 18.2 Å². The van der Waals surface area contributed by atoms with Crippen molar-refractivity contribution in [2.24, 2.45) is 5.10 Å². The Bertz CT molecular complexity index is 804. The molecule has 4 rings (SSSR count). The minimum absolute atomic E-state index is 0.108. The van der Waals surface area contributed by atoms with E-state index in [1.807, 2.05) is 18.1 Å². The molecule has 0 saturated carbocycles. The predicted octanol–water partition coefficient (Wildman–Crippen LogP) is 2.28. The molecule has 3 heterocycles. The first-order chi connectivity index (χ1) is 11.2. The van der Waals surface area contributed by atoms with Crippen molar-refractivity contribution in [2.75, 3.05) is 5.32 Å². The molecule has 2 aromatic rings. The van der Waals surface area contributed by atoms with Crippen LogP contribution in [0.2, 0.25) is 0 Å². The van der Waals surface area contributed by atoms with Gasteiger partial charge in [0, 0.05) is 18.3 Å². The topological polar surface area (TPSA) is 78.6 Å². The maximum absolute atomic E-state index is 13.6. The Morgan fingerprint density at radius 1 is 1.39 bits per heavy atom. The number of halogens is 1. The van der Waals surface area contributed by atoms with Crippen LogP contribution in [0.5, 0.6) is 0 Å². The van der Waals surface area contributed by atoms with Gasteiger partial charge in [-0.25, -0.2) is 9.40 Å². The summed E-state index contributed by atoms with van der Waals surface area (Å²) < 4.78 is 19.1. The lowest BCUT2D eigenvalue weighted by atomic mass is 10.2. The van der Waals surface area contributed by atoms with Crippen LogP contribution in [-0.2, 0) is 6.54 Å². The molecule has 0 saturated heterocycles. The maximum atomic E-state index is 13.6. The summed E-state index contributed by atoms with van der Waals surface area (Å²) in [6.07, 6.45) is 2.01. The second-order valence-electron chi connectivity index (χ2n) is 5.03. The Balaban J connectivity index is 1.45. The third-order valence-electron chi connectivity index (χ3n) is 3.44. The Morgan fingerprint density at radius 2 is 2.26 bits per heavy atom. The first kappa shape index (κ1) is 14.1. The molecule has 9 heteroatoms. The van der Waals surface area contributed by atoms with Gasteiger partial charge in [0.2, 0.25) is 0 Å². The van der Waals surface area contributed by atoms with Gasteiger partial charge in [0.05, 0.1) is 0 Å². The SMILES string of the molecule is CC1NC=C2SC(c3nnc(NCc4ccccc4F)o3)=NN21. The second kappa shape index (κ2) is 5.58. The van der Waals surface area contributed by atoms with Gasteiger partial charge in [-0.3, -0.25) is 0 Å². The summed E-state index contributed by atoms with van der Waals surface area (Å²) in [5, 5.41) is 21.9. The number of aromatic nitrogens is 2. The first-order valence-corrected chi connectivity index (χ1v) is 7.85. The molecule has 2 aliphatic heterocycles. The number of benzene rings is 1. The molecule has 2 aliphatic rings. The summed E-state index contributed by atoms with van der Waals surface area (Å²) in [5.41, 5.74) is 0.533. The maximum Gasteiger partial charge on any atom is 0.316 e. The highest BCUT2D eigenvalue weighted by molar-refractivity contribution is 8.17. The zero-order valence-corrected chi connectivity index (χ0v) is 13.0. The molecule has 0 spiro atoms. The van der Waals surface area contributed by atoms with Crippen molar-refractivity contribution in [3.8, 4) is 0 Å². The zero-order valence-electron chi connectivity index (χ0n) is 12.2. The highest BCUT2D eigenvalue weighted by Crippen LogP contribution is 2.36. The molecular formula is C14H13FN6OS. The van der Waals surface area contributed by atoms with E-state index in [0.29, 0.717) is 16.5 Å². The van der Waals surface area contributed by atoms with Gasteiger partial charge in [0.15, 0.2) is 5.04 Å². The van der Waals surface area contributed by atoms with Crippen LogP contribution in [-0.4, -0.2) is 26.4 Å². The van der Waals surface area contributed by atoms with Crippen LogP contribution >= 0.6 is 11.8 Å². The fourth-order valence-electron chi connectivity index (χ4n) is 2.23. The van der Waals surface area contributed by atoms with E-state index in [2.05, 4.69) is 25.9 Å². The van der Waals surface area contributed by atoms with E-state index < -0.39 is 0 Å². The molecule has 1 atom stereocenters. The third-order valence-corrected chi connectivity index (χ3v) is 4.40. The van der Waals surface area contributed by atoms with Crippen molar-refractivity contribution in [1.82, 2.24) is 20.5 Å². The number of hydrogen-bond acceptors (Lipinski definition) is 8. The molecule has 118 valence electrons. The van der Waals surface area contributed by atoms with Gasteiger partial charge in [0.1, 0.15) is 17.0 Å². The molecule has 1 aromatic carbocycles. The Labute approximate surface area is 135 Å². The average Bonchev–Trinajstić information content (AvgIpc) is 3.24. The zero-order chi connectivity index (χ0) is 15.8. The van der Waals surface area contributed by atoms with Crippen LogP contribution < -0.4 is 10.6 Å². The minimum Gasteiger partial charge on any atom is -0.401 e. The number of rotatable bonds is 4. The average molecular weight is 332 g/mol. The molecule has 0 amide bonds. The van der Waals surface area contributed by atoms with Crippen LogP contribution in [0, 0.1) is 5.82 Å². The first-order valence-electron chi connectivity index (χ1n) is 7.04. The lowest BCUT2D eigenvalue weighted by molar-refractivity contribution is 0.310. The van der Waals surface area contributed by atoms with Crippen LogP contribution in [0.4, 0.5) is 10.4 Å². The van der Waals surface area contributed by atoms with E-state index in [0.717, 1.165) is 5.03 Å². The standard InChI is InChI=1S/C14H13FN6OS/c1-8-16-7-11-21(8)20-13(23-11)12-18-19-14(22-12)17-6-9-4-2-3-5-10(9)15/h2-5,7-8,16H,6H2,1H3,(H,17,19). The van der Waals surface area contributed by atoms with Gasteiger partial charge in [-0.05, 0) is 24.8 Å². The van der Waals surface area contributed by atoms with E-state index in [-0.39, 0.29) is 24.5 Å². The van der Waals surface area contributed by atoms with Gasteiger partial charge in [0.25, 0.3) is 5.89 Å². The van der Waals surface area contributed by atoms with E-state index in [9.17, 15) is 4.39 Å². The summed E-state index contributed by atoms with van der Waals surface area (Å²) >= 11 is 1.46. The van der Waals surface area contributed by atoms with Crippen molar-refractivity contribution >= 4 is 22.8 Å². The summed E-state index contributed by atoms with van der Waals surface area (Å²) in [4.78, 5) is 0. The molecule has 1 aromatic heterocycles. The van der Waals surface area contributed by atoms with Crippen molar-refractivity contribution in [2.45, 2.75) is 19.6 Å². The molecule has 1 unspecified atom stereocenters. The number of thioether (sulfide) groups is 1. The Hall–Kier alpha value is -2.55. The summed E-state index contributed by atoms with van der Waals surface area (Å²) in [6, 6.07) is 6.77. The Morgan fingerprint density at radius 3 is 3.09 bits per heavy atom. The fourth-order valence-corrected chi connectivity index (χ4v) is 3.15. The minimum atomic E-state index is -0.274. The largest absolute Gasteiger partial charge is 0.401 e. The van der Waals surface area contributed by atoms with Crippen molar-refractivity contribution in [1.29, 1.82) is 0 Å². The van der Waals surface area contributed by atoms with E-state index in [1.165, 1.54) is 17.8 Å². The van der Waals surface area contributed by atoms with Gasteiger partial charge >= 0.3 is 6.01 Å². The van der Waals surface area contributed by atoms with Crippen molar-refractivity contribution < 1.29 is 8.81 Å². The molecule has 7 nitrogen and oxygen atoms in total. The van der Waals surface area contributed by atoms with Crippen LogP contribution in [0.1, 0.15) is 18.4 Å². The molecule has 0 radical (unpaired) electrons.